The Morgan fingerprint density at radius 1 is 0.800 bits per heavy atom. The molecule has 5 heteroatoms. The molecule has 176 valence electrons. The van der Waals surface area contributed by atoms with Crippen molar-refractivity contribution in [1.29, 1.82) is 0 Å². The van der Waals surface area contributed by atoms with Crippen molar-refractivity contribution in [2.24, 2.45) is 0 Å². The van der Waals surface area contributed by atoms with Gasteiger partial charge in [0.1, 0.15) is 0 Å². The minimum absolute atomic E-state index is 0. The molecule has 3 heterocycles. The van der Waals surface area contributed by atoms with Crippen LogP contribution in [0.5, 0.6) is 0 Å². The average molecular weight is 638 g/mol. The van der Waals surface area contributed by atoms with Gasteiger partial charge in [-0.05, 0) is 54.3 Å². The van der Waals surface area contributed by atoms with E-state index in [0.29, 0.717) is 0 Å². The number of rotatable bonds is 5. The molecule has 35 heavy (non-hydrogen) atoms. The Balaban J connectivity index is 0.00000289. The molecule has 5 aromatic rings. The molecule has 0 atom stereocenters. The van der Waals surface area contributed by atoms with Crippen LogP contribution in [0.2, 0.25) is 0 Å². The zero-order chi connectivity index (χ0) is 23.7. The van der Waals surface area contributed by atoms with Crippen molar-refractivity contribution in [2.75, 3.05) is 0 Å². The molecule has 4 nitrogen and oxygen atoms in total. The summed E-state index contributed by atoms with van der Waals surface area (Å²) in [6.45, 7) is 8.28. The van der Waals surface area contributed by atoms with Crippen LogP contribution >= 0.6 is 0 Å². The molecule has 0 aliphatic carbocycles. The number of nitrogens with zero attached hydrogens (tertiary/aromatic N) is 4. The van der Waals surface area contributed by atoms with E-state index < -0.39 is 0 Å². The van der Waals surface area contributed by atoms with Gasteiger partial charge in [0, 0.05) is 11.9 Å². The van der Waals surface area contributed by atoms with E-state index in [4.69, 9.17) is 10.1 Å². The Morgan fingerprint density at radius 3 is 2.37 bits per heavy atom. The van der Waals surface area contributed by atoms with Crippen molar-refractivity contribution in [2.45, 2.75) is 33.1 Å². The van der Waals surface area contributed by atoms with Crippen LogP contribution in [0.25, 0.3) is 28.1 Å². The van der Waals surface area contributed by atoms with Gasteiger partial charge in [-0.15, -0.1) is 29.3 Å². The molecule has 0 bridgehead atoms. The SMILES string of the molecule is Cc1c[c-]c(-c2cccc(C(C)(C)c3ccn(-c4[c-]ccc(-c5ccccc5)c4)n3)n2)c(C)n1.[Pt+2]. The van der Waals surface area contributed by atoms with Gasteiger partial charge >= 0.3 is 21.1 Å². The van der Waals surface area contributed by atoms with E-state index >= 15 is 0 Å². The first-order chi connectivity index (χ1) is 16.4. The number of pyridine rings is 2. The maximum atomic E-state index is 4.99. The van der Waals surface area contributed by atoms with Gasteiger partial charge in [-0.1, -0.05) is 56.3 Å². The topological polar surface area (TPSA) is 43.6 Å². The van der Waals surface area contributed by atoms with E-state index in [1.54, 1.807) is 0 Å². The second-order valence-corrected chi connectivity index (χ2v) is 9.01. The maximum Gasteiger partial charge on any atom is 2.00 e. The summed E-state index contributed by atoms with van der Waals surface area (Å²) in [5.74, 6) is 0. The predicted octanol–water partition coefficient (Wildman–Crippen LogP) is 6.54. The van der Waals surface area contributed by atoms with Gasteiger partial charge < -0.3 is 9.97 Å². The molecular weight excluding hydrogens is 611 g/mol. The van der Waals surface area contributed by atoms with E-state index in [1.165, 1.54) is 5.56 Å². The molecule has 0 aliphatic rings. The Morgan fingerprint density at radius 2 is 1.60 bits per heavy atom. The zero-order valence-electron chi connectivity index (χ0n) is 20.2. The molecule has 0 aliphatic heterocycles. The van der Waals surface area contributed by atoms with Gasteiger partial charge in [0.15, 0.2) is 0 Å². The summed E-state index contributed by atoms with van der Waals surface area (Å²) in [6.07, 6.45) is 1.99. The minimum Gasteiger partial charge on any atom is -0.354 e. The summed E-state index contributed by atoms with van der Waals surface area (Å²) in [6, 6.07) is 33.2. The molecule has 0 amide bonds. The van der Waals surface area contributed by atoms with Crippen LogP contribution in [0.3, 0.4) is 0 Å². The summed E-state index contributed by atoms with van der Waals surface area (Å²) >= 11 is 0. The minimum atomic E-state index is -0.385. The largest absolute Gasteiger partial charge is 2.00 e. The number of hydrogen-bond donors (Lipinski definition) is 0. The molecule has 0 saturated carbocycles. The third-order valence-electron chi connectivity index (χ3n) is 6.15. The molecule has 0 radical (unpaired) electrons. The normalized spacial score (nSPS) is 11.2. The fraction of sp³-hybridized carbons (Fsp3) is 0.167. The number of hydrogen-bond acceptors (Lipinski definition) is 3. The van der Waals surface area contributed by atoms with Crippen LogP contribution in [0.15, 0.2) is 85.1 Å². The second kappa shape index (κ2) is 10.1. The average Bonchev–Trinajstić information content (AvgIpc) is 3.36. The third-order valence-corrected chi connectivity index (χ3v) is 6.15. The van der Waals surface area contributed by atoms with Crippen molar-refractivity contribution in [3.8, 4) is 28.1 Å². The van der Waals surface area contributed by atoms with Crippen LogP contribution < -0.4 is 0 Å². The first kappa shape index (κ1) is 24.8. The number of benzene rings is 2. The molecular formula is C30H26N4Pt. The first-order valence-electron chi connectivity index (χ1n) is 11.4. The third kappa shape index (κ3) is 5.04. The van der Waals surface area contributed by atoms with Crippen molar-refractivity contribution < 1.29 is 21.1 Å². The zero-order valence-corrected chi connectivity index (χ0v) is 22.5. The predicted molar refractivity (Wildman–Crippen MR) is 136 cm³/mol. The fourth-order valence-electron chi connectivity index (χ4n) is 4.13. The molecule has 3 aromatic heterocycles. The molecule has 0 unspecified atom stereocenters. The standard InChI is InChI=1S/C30H26N4.Pt/c1-21-16-17-26(22(2)31-21)27-14-9-15-28(32-27)30(3,4)29-18-19-34(33-29)25-13-8-12-24(20-25)23-10-6-5-7-11-23;/h5-12,14-16,18-20H,1-4H3;/q-2;+2. The molecule has 0 N–H and O–H groups in total. The van der Waals surface area contributed by atoms with Gasteiger partial charge in [-0.2, -0.15) is 23.3 Å². The fourth-order valence-corrected chi connectivity index (χ4v) is 4.13. The number of aromatic nitrogens is 4. The summed E-state index contributed by atoms with van der Waals surface area (Å²) in [7, 11) is 0. The summed E-state index contributed by atoms with van der Waals surface area (Å²) in [5.41, 5.74) is 8.41. The summed E-state index contributed by atoms with van der Waals surface area (Å²) in [4.78, 5) is 9.56. The number of aryl methyl sites for hydroxylation is 2. The molecule has 5 rings (SSSR count). The molecule has 2 aromatic carbocycles. The van der Waals surface area contributed by atoms with Crippen LogP contribution in [-0.4, -0.2) is 19.7 Å². The van der Waals surface area contributed by atoms with E-state index in [2.05, 4.69) is 67.4 Å². The summed E-state index contributed by atoms with van der Waals surface area (Å²) in [5, 5.41) is 4.92. The Kier molecular flexibility index (Phi) is 7.14. The van der Waals surface area contributed by atoms with E-state index in [1.807, 2.05) is 67.2 Å². The van der Waals surface area contributed by atoms with Crippen molar-refractivity contribution >= 4 is 0 Å². The maximum absolute atomic E-state index is 4.99. The second-order valence-electron chi connectivity index (χ2n) is 9.01. The Labute approximate surface area is 221 Å². The van der Waals surface area contributed by atoms with E-state index in [9.17, 15) is 0 Å². The van der Waals surface area contributed by atoms with Gasteiger partial charge in [0.2, 0.25) is 0 Å². The molecule has 0 saturated heterocycles. The van der Waals surface area contributed by atoms with Gasteiger partial charge in [-0.25, -0.2) is 0 Å². The van der Waals surface area contributed by atoms with Crippen LogP contribution in [0.1, 0.15) is 36.6 Å². The van der Waals surface area contributed by atoms with Gasteiger partial charge in [-0.3, -0.25) is 4.68 Å². The van der Waals surface area contributed by atoms with E-state index in [-0.39, 0.29) is 26.5 Å². The molecule has 0 fully saturated rings. The molecule has 0 spiro atoms. The van der Waals surface area contributed by atoms with Crippen LogP contribution in [0, 0.1) is 26.0 Å². The van der Waals surface area contributed by atoms with E-state index in [0.717, 1.165) is 45.3 Å². The Hall–Kier alpha value is -3.36. The summed E-state index contributed by atoms with van der Waals surface area (Å²) < 4.78 is 1.88. The van der Waals surface area contributed by atoms with Gasteiger partial charge in [0.25, 0.3) is 0 Å². The quantitative estimate of drug-likeness (QED) is 0.206. The van der Waals surface area contributed by atoms with Gasteiger partial charge in [0.05, 0.1) is 11.1 Å². The van der Waals surface area contributed by atoms with Crippen molar-refractivity contribution in [3.63, 3.8) is 0 Å². The smallest absolute Gasteiger partial charge is 0.354 e. The van der Waals surface area contributed by atoms with Crippen LogP contribution in [0.4, 0.5) is 0 Å². The Bertz CT molecular complexity index is 1450. The van der Waals surface area contributed by atoms with Crippen molar-refractivity contribution in [3.05, 3.63) is 120 Å². The first-order valence-corrected chi connectivity index (χ1v) is 11.4. The van der Waals surface area contributed by atoms with Crippen LogP contribution in [-0.2, 0) is 26.5 Å². The van der Waals surface area contributed by atoms with Crippen molar-refractivity contribution in [1.82, 2.24) is 19.7 Å². The monoisotopic (exact) mass is 637 g/mol.